The third-order valence-electron chi connectivity index (χ3n) is 3.28. The molecule has 0 fully saturated rings. The van der Waals surface area contributed by atoms with Crippen LogP contribution in [0.15, 0.2) is 10.7 Å². The highest BCUT2D eigenvalue weighted by Crippen LogP contribution is 2.28. The van der Waals surface area contributed by atoms with E-state index in [4.69, 9.17) is 0 Å². The molecule has 2 rings (SSSR count). The fraction of sp³-hybridized carbons (Fsp3) is 0.571. The Morgan fingerprint density at radius 1 is 1.40 bits per heavy atom. The van der Waals surface area contributed by atoms with Gasteiger partial charge in [0.1, 0.15) is 0 Å². The summed E-state index contributed by atoms with van der Waals surface area (Å²) in [5, 5.41) is 9.24. The minimum atomic E-state index is 0.295. The van der Waals surface area contributed by atoms with Gasteiger partial charge in [-0.3, -0.25) is 4.68 Å². The van der Waals surface area contributed by atoms with Gasteiger partial charge in [0.25, 0.3) is 0 Å². The lowest BCUT2D eigenvalue weighted by Gasteiger charge is -2.17. The summed E-state index contributed by atoms with van der Waals surface area (Å²) >= 11 is 5.44. The number of aromatic nitrogens is 3. The van der Waals surface area contributed by atoms with Crippen molar-refractivity contribution >= 4 is 27.3 Å². The molecule has 20 heavy (non-hydrogen) atoms. The van der Waals surface area contributed by atoms with Gasteiger partial charge in [-0.1, -0.05) is 6.92 Å². The molecule has 1 unspecified atom stereocenters. The third-order valence-corrected chi connectivity index (χ3v) is 5.34. The molecule has 0 saturated heterocycles. The van der Waals surface area contributed by atoms with Gasteiger partial charge in [0, 0.05) is 30.1 Å². The number of thiazole rings is 1. The SMILES string of the molecule is CCNC(Cc1c(Br)c(C)nn1CC)c1cnc(C)s1. The Bertz CT molecular complexity index is 576. The largest absolute Gasteiger partial charge is 0.309 e. The van der Waals surface area contributed by atoms with Crippen LogP contribution in [-0.2, 0) is 13.0 Å². The third kappa shape index (κ3) is 3.30. The van der Waals surface area contributed by atoms with Crippen LogP contribution in [0.3, 0.4) is 0 Å². The van der Waals surface area contributed by atoms with Crippen LogP contribution in [0.2, 0.25) is 0 Å². The molecule has 2 heterocycles. The van der Waals surface area contributed by atoms with Crippen LogP contribution in [0.25, 0.3) is 0 Å². The van der Waals surface area contributed by atoms with E-state index in [1.54, 1.807) is 11.3 Å². The van der Waals surface area contributed by atoms with Crippen molar-refractivity contribution in [3.63, 3.8) is 0 Å². The van der Waals surface area contributed by atoms with Gasteiger partial charge >= 0.3 is 0 Å². The number of aryl methyl sites for hydroxylation is 3. The van der Waals surface area contributed by atoms with Gasteiger partial charge < -0.3 is 5.32 Å². The van der Waals surface area contributed by atoms with Crippen molar-refractivity contribution in [3.8, 4) is 0 Å². The molecule has 1 atom stereocenters. The van der Waals surface area contributed by atoms with E-state index in [9.17, 15) is 0 Å². The smallest absolute Gasteiger partial charge is 0.0897 e. The van der Waals surface area contributed by atoms with Crippen molar-refractivity contribution in [2.45, 2.75) is 46.7 Å². The Kier molecular flexibility index (Phi) is 5.35. The van der Waals surface area contributed by atoms with Crippen LogP contribution in [0.1, 0.15) is 41.2 Å². The summed E-state index contributed by atoms with van der Waals surface area (Å²) in [4.78, 5) is 5.67. The molecule has 0 amide bonds. The highest BCUT2D eigenvalue weighted by Gasteiger charge is 2.19. The van der Waals surface area contributed by atoms with E-state index in [0.29, 0.717) is 6.04 Å². The number of hydrogen-bond donors (Lipinski definition) is 1. The molecule has 0 radical (unpaired) electrons. The van der Waals surface area contributed by atoms with Gasteiger partial charge in [-0.05, 0) is 43.2 Å². The average molecular weight is 357 g/mol. The predicted octanol–water partition coefficient (Wildman–Crippen LogP) is 3.63. The van der Waals surface area contributed by atoms with E-state index in [0.717, 1.165) is 34.7 Å². The standard InChI is InChI=1S/C14H21BrN4S/c1-5-16-11(13-8-17-10(4)20-13)7-12-14(15)9(3)18-19(12)6-2/h8,11,16H,5-7H2,1-4H3. The zero-order chi connectivity index (χ0) is 14.7. The normalized spacial score (nSPS) is 12.8. The van der Waals surface area contributed by atoms with E-state index in [-0.39, 0.29) is 0 Å². The minimum absolute atomic E-state index is 0.295. The monoisotopic (exact) mass is 356 g/mol. The van der Waals surface area contributed by atoms with Crippen molar-refractivity contribution in [2.24, 2.45) is 0 Å². The summed E-state index contributed by atoms with van der Waals surface area (Å²) in [6, 6.07) is 0.295. The molecule has 0 bridgehead atoms. The summed E-state index contributed by atoms with van der Waals surface area (Å²) in [6.45, 7) is 10.2. The van der Waals surface area contributed by atoms with Gasteiger partial charge in [-0.25, -0.2) is 4.98 Å². The molecular formula is C14H21BrN4S. The highest BCUT2D eigenvalue weighted by atomic mass is 79.9. The van der Waals surface area contributed by atoms with Crippen LogP contribution in [0.4, 0.5) is 0 Å². The van der Waals surface area contributed by atoms with Gasteiger partial charge in [0.15, 0.2) is 0 Å². The summed E-state index contributed by atoms with van der Waals surface area (Å²) in [6.07, 6.45) is 2.91. The molecule has 1 N–H and O–H groups in total. The van der Waals surface area contributed by atoms with Crippen LogP contribution >= 0.6 is 27.3 Å². The lowest BCUT2D eigenvalue weighted by atomic mass is 10.1. The Morgan fingerprint density at radius 2 is 2.15 bits per heavy atom. The molecule has 0 aliphatic heterocycles. The van der Waals surface area contributed by atoms with E-state index < -0.39 is 0 Å². The van der Waals surface area contributed by atoms with Crippen molar-refractivity contribution in [1.29, 1.82) is 0 Å². The van der Waals surface area contributed by atoms with E-state index in [1.807, 2.05) is 20.0 Å². The van der Waals surface area contributed by atoms with Gasteiger partial charge in [-0.15, -0.1) is 11.3 Å². The Balaban J connectivity index is 2.28. The van der Waals surface area contributed by atoms with Gasteiger partial charge in [0.05, 0.1) is 20.9 Å². The molecule has 2 aromatic heterocycles. The highest BCUT2D eigenvalue weighted by molar-refractivity contribution is 9.10. The minimum Gasteiger partial charge on any atom is -0.309 e. The van der Waals surface area contributed by atoms with E-state index >= 15 is 0 Å². The molecule has 0 spiro atoms. The summed E-state index contributed by atoms with van der Waals surface area (Å²) < 4.78 is 3.21. The van der Waals surface area contributed by atoms with E-state index in [2.05, 4.69) is 49.9 Å². The summed E-state index contributed by atoms with van der Waals surface area (Å²) in [7, 11) is 0. The average Bonchev–Trinajstić information content (AvgIpc) is 2.96. The first kappa shape index (κ1) is 15.7. The number of rotatable bonds is 6. The lowest BCUT2D eigenvalue weighted by molar-refractivity contribution is 0.520. The second-order valence-electron chi connectivity index (χ2n) is 4.76. The van der Waals surface area contributed by atoms with Gasteiger partial charge in [0.2, 0.25) is 0 Å². The number of nitrogens with one attached hydrogen (secondary N) is 1. The van der Waals surface area contributed by atoms with Crippen LogP contribution < -0.4 is 5.32 Å². The maximum atomic E-state index is 4.57. The molecule has 0 aromatic carbocycles. The molecule has 2 aromatic rings. The molecule has 0 aliphatic carbocycles. The second kappa shape index (κ2) is 6.83. The first-order valence-electron chi connectivity index (χ1n) is 6.94. The Labute approximate surface area is 132 Å². The first-order chi connectivity index (χ1) is 9.56. The molecule has 0 aliphatic rings. The topological polar surface area (TPSA) is 42.7 Å². The Hall–Kier alpha value is -0.720. The molecule has 0 saturated carbocycles. The molecule has 110 valence electrons. The Morgan fingerprint density at radius 3 is 2.70 bits per heavy atom. The van der Waals surface area contributed by atoms with E-state index in [1.165, 1.54) is 10.6 Å². The van der Waals surface area contributed by atoms with Crippen molar-refractivity contribution in [2.75, 3.05) is 6.54 Å². The molecule has 6 heteroatoms. The maximum absolute atomic E-state index is 4.57. The molecular weight excluding hydrogens is 336 g/mol. The zero-order valence-electron chi connectivity index (χ0n) is 12.4. The quantitative estimate of drug-likeness (QED) is 0.859. The fourth-order valence-corrected chi connectivity index (χ4v) is 3.62. The second-order valence-corrected chi connectivity index (χ2v) is 6.82. The summed E-state index contributed by atoms with van der Waals surface area (Å²) in [5.74, 6) is 0. The number of hydrogen-bond acceptors (Lipinski definition) is 4. The predicted molar refractivity (Wildman–Crippen MR) is 87.3 cm³/mol. The van der Waals surface area contributed by atoms with Gasteiger partial charge in [-0.2, -0.15) is 5.10 Å². The maximum Gasteiger partial charge on any atom is 0.0897 e. The number of halogens is 1. The molecule has 4 nitrogen and oxygen atoms in total. The first-order valence-corrected chi connectivity index (χ1v) is 8.55. The number of nitrogens with zero attached hydrogens (tertiary/aromatic N) is 3. The van der Waals surface area contributed by atoms with Crippen molar-refractivity contribution in [3.05, 3.63) is 31.9 Å². The summed E-state index contributed by atoms with van der Waals surface area (Å²) in [5.41, 5.74) is 2.31. The van der Waals surface area contributed by atoms with Crippen molar-refractivity contribution in [1.82, 2.24) is 20.1 Å². The van der Waals surface area contributed by atoms with Crippen LogP contribution in [0, 0.1) is 13.8 Å². The van der Waals surface area contributed by atoms with Crippen molar-refractivity contribution < 1.29 is 0 Å². The lowest BCUT2D eigenvalue weighted by Crippen LogP contribution is -2.23. The van der Waals surface area contributed by atoms with Crippen LogP contribution in [-0.4, -0.2) is 21.3 Å². The van der Waals surface area contributed by atoms with Crippen LogP contribution in [0.5, 0.6) is 0 Å². The number of likely N-dealkylation sites (N-methyl/N-ethyl adjacent to an activating group) is 1. The fourth-order valence-electron chi connectivity index (χ4n) is 2.32. The zero-order valence-corrected chi connectivity index (χ0v) is 14.8.